The van der Waals surface area contributed by atoms with Crippen LogP contribution in [0.15, 0.2) is 41.1 Å². The Bertz CT molecular complexity index is 1180. The average Bonchev–Trinajstić information content (AvgIpc) is 3.33. The third kappa shape index (κ3) is 4.76. The molecule has 4 heterocycles. The number of fused-ring (bicyclic) bond motifs is 5. The van der Waals surface area contributed by atoms with Crippen molar-refractivity contribution in [1.29, 1.82) is 0 Å². The van der Waals surface area contributed by atoms with Crippen LogP contribution in [0, 0.1) is 5.92 Å². The number of carbonyl (C=O) groups excluding carboxylic acids is 2. The molecule has 2 bridgehead atoms. The number of hydrogen-bond donors (Lipinski definition) is 2. The van der Waals surface area contributed by atoms with Gasteiger partial charge in [0.2, 0.25) is 11.8 Å². The second kappa shape index (κ2) is 9.68. The highest BCUT2D eigenvalue weighted by atomic mass is 32.1. The van der Waals surface area contributed by atoms with Gasteiger partial charge in [-0.3, -0.25) is 14.5 Å². The lowest BCUT2D eigenvalue weighted by atomic mass is 10.0. The zero-order valence-electron chi connectivity index (χ0n) is 19.5. The molecule has 0 saturated carbocycles. The molecule has 2 aromatic heterocycles. The van der Waals surface area contributed by atoms with Crippen molar-refractivity contribution in [2.45, 2.75) is 38.9 Å². The van der Waals surface area contributed by atoms with Crippen LogP contribution >= 0.6 is 11.3 Å². The van der Waals surface area contributed by atoms with Crippen molar-refractivity contribution in [3.8, 4) is 0 Å². The van der Waals surface area contributed by atoms with Crippen LogP contribution < -0.4 is 10.6 Å². The van der Waals surface area contributed by atoms with Crippen molar-refractivity contribution in [3.63, 3.8) is 0 Å². The summed E-state index contributed by atoms with van der Waals surface area (Å²) >= 11 is 1.61. The highest BCUT2D eigenvalue weighted by Crippen LogP contribution is 2.24. The van der Waals surface area contributed by atoms with Gasteiger partial charge in [-0.2, -0.15) is 11.3 Å². The number of anilines is 1. The first-order chi connectivity index (χ1) is 16.5. The number of nitrogens with zero attached hydrogens (tertiary/aromatic N) is 4. The van der Waals surface area contributed by atoms with E-state index in [9.17, 15) is 9.59 Å². The van der Waals surface area contributed by atoms with E-state index in [-0.39, 0.29) is 23.8 Å². The molecule has 1 aromatic carbocycles. The molecule has 1 fully saturated rings. The molecule has 2 aliphatic rings. The lowest BCUT2D eigenvalue weighted by Gasteiger charge is -2.41. The number of carbonyl (C=O) groups is 2. The first-order valence-corrected chi connectivity index (χ1v) is 12.7. The molecular weight excluding hydrogens is 448 g/mol. The zero-order valence-corrected chi connectivity index (χ0v) is 20.3. The van der Waals surface area contributed by atoms with Crippen molar-refractivity contribution in [1.82, 2.24) is 25.1 Å². The third-order valence-corrected chi connectivity index (χ3v) is 7.37. The summed E-state index contributed by atoms with van der Waals surface area (Å²) in [5.41, 5.74) is 1.91. The maximum Gasteiger partial charge on any atom is 0.242 e. The summed E-state index contributed by atoms with van der Waals surface area (Å²) in [5.74, 6) is 1.56. The number of thiophene rings is 1. The normalized spacial score (nSPS) is 21.5. The standard InChI is InChI=1S/C25H30N6O2S/c1-16(2)23-25(33)26-12-18-13-31(22(32)11-17-7-10-34-15-17)9-8-30(18)14-21-27-20-6-4-3-5-19(20)24(28-21)29-23/h3-7,10,15-16,18,23H,8-9,11-14H2,1-2H3,(H,26,33)(H,27,28,29)/t18?,23-/m0/s1. The van der Waals surface area contributed by atoms with E-state index in [1.54, 1.807) is 11.3 Å². The molecule has 2 atom stereocenters. The minimum absolute atomic E-state index is 0.00597. The van der Waals surface area contributed by atoms with E-state index in [1.165, 1.54) is 0 Å². The fraction of sp³-hybridized carbons (Fsp3) is 0.440. The van der Waals surface area contributed by atoms with Gasteiger partial charge in [0.1, 0.15) is 17.7 Å². The highest BCUT2D eigenvalue weighted by Gasteiger charge is 2.32. The van der Waals surface area contributed by atoms with Crippen LogP contribution in [0.25, 0.3) is 10.9 Å². The number of hydrogen-bond acceptors (Lipinski definition) is 7. The first kappa shape index (κ1) is 22.7. The summed E-state index contributed by atoms with van der Waals surface area (Å²) < 4.78 is 0. The molecule has 8 nitrogen and oxygen atoms in total. The largest absolute Gasteiger partial charge is 0.358 e. The number of amides is 2. The van der Waals surface area contributed by atoms with Gasteiger partial charge < -0.3 is 15.5 Å². The molecular formula is C25H30N6O2S. The lowest BCUT2D eigenvalue weighted by Crippen LogP contribution is -2.58. The van der Waals surface area contributed by atoms with Gasteiger partial charge in [-0.1, -0.05) is 26.0 Å². The first-order valence-electron chi connectivity index (χ1n) is 11.8. The Labute approximate surface area is 203 Å². The van der Waals surface area contributed by atoms with E-state index in [0.29, 0.717) is 45.0 Å². The maximum absolute atomic E-state index is 13.2. The smallest absolute Gasteiger partial charge is 0.242 e. The SMILES string of the molecule is CC(C)[C@@H]1Nc2nc(nc3ccccc23)CN2CCN(C(=O)Cc3ccsc3)CC2CNC1=O. The molecule has 1 saturated heterocycles. The average molecular weight is 479 g/mol. The monoisotopic (exact) mass is 478 g/mol. The maximum atomic E-state index is 13.2. The minimum Gasteiger partial charge on any atom is -0.358 e. The predicted molar refractivity (Wildman–Crippen MR) is 134 cm³/mol. The zero-order chi connectivity index (χ0) is 23.7. The topological polar surface area (TPSA) is 90.5 Å². The van der Waals surface area contributed by atoms with Gasteiger partial charge in [0.05, 0.1) is 18.5 Å². The van der Waals surface area contributed by atoms with Crippen LogP contribution in [0.1, 0.15) is 25.2 Å². The van der Waals surface area contributed by atoms with Crippen LogP contribution in [0.5, 0.6) is 0 Å². The molecule has 0 radical (unpaired) electrons. The Morgan fingerprint density at radius 3 is 2.85 bits per heavy atom. The Morgan fingerprint density at radius 1 is 1.21 bits per heavy atom. The summed E-state index contributed by atoms with van der Waals surface area (Å²) in [5, 5.41) is 11.5. The molecule has 2 amide bonds. The van der Waals surface area contributed by atoms with Crippen LogP contribution in [-0.4, -0.2) is 69.8 Å². The third-order valence-electron chi connectivity index (χ3n) is 6.64. The van der Waals surface area contributed by atoms with E-state index in [1.807, 2.05) is 59.8 Å². The van der Waals surface area contributed by atoms with E-state index in [0.717, 1.165) is 22.3 Å². The van der Waals surface area contributed by atoms with Crippen LogP contribution in [0.3, 0.4) is 0 Å². The number of rotatable bonds is 3. The highest BCUT2D eigenvalue weighted by molar-refractivity contribution is 7.08. The minimum atomic E-state index is -0.419. The molecule has 178 valence electrons. The van der Waals surface area contributed by atoms with Crippen molar-refractivity contribution in [3.05, 3.63) is 52.5 Å². The van der Waals surface area contributed by atoms with Crippen LogP contribution in [0.2, 0.25) is 0 Å². The summed E-state index contributed by atoms with van der Waals surface area (Å²) in [7, 11) is 0. The number of aromatic nitrogens is 2. The van der Waals surface area contributed by atoms with Crippen LogP contribution in [-0.2, 0) is 22.6 Å². The fourth-order valence-corrected chi connectivity index (χ4v) is 5.37. The quantitative estimate of drug-likeness (QED) is 0.601. The van der Waals surface area contributed by atoms with E-state index in [4.69, 9.17) is 9.97 Å². The van der Waals surface area contributed by atoms with Crippen LogP contribution in [0.4, 0.5) is 5.82 Å². The molecule has 9 heteroatoms. The molecule has 2 N–H and O–H groups in total. The summed E-state index contributed by atoms with van der Waals surface area (Å²) in [6.07, 6.45) is 0.416. The van der Waals surface area contributed by atoms with Crippen molar-refractivity contribution in [2.75, 3.05) is 31.5 Å². The molecule has 0 spiro atoms. The molecule has 3 aromatic rings. The molecule has 0 aliphatic carbocycles. The second-order valence-electron chi connectivity index (χ2n) is 9.39. The Hall–Kier alpha value is -3.04. The van der Waals surface area contributed by atoms with E-state index < -0.39 is 6.04 Å². The number of para-hydroxylation sites is 1. The van der Waals surface area contributed by atoms with E-state index in [2.05, 4.69) is 15.5 Å². The Morgan fingerprint density at radius 2 is 2.06 bits per heavy atom. The second-order valence-corrected chi connectivity index (χ2v) is 10.2. The Balaban J connectivity index is 1.43. The number of nitrogens with one attached hydrogen (secondary N) is 2. The molecule has 2 aliphatic heterocycles. The summed E-state index contributed by atoms with van der Waals surface area (Å²) in [6.45, 7) is 7.03. The van der Waals surface area contributed by atoms with Gasteiger partial charge in [0.15, 0.2) is 0 Å². The lowest BCUT2D eigenvalue weighted by molar-refractivity contribution is -0.133. The van der Waals surface area contributed by atoms with Gasteiger partial charge in [-0.15, -0.1) is 0 Å². The molecule has 1 unspecified atom stereocenters. The van der Waals surface area contributed by atoms with Crippen molar-refractivity contribution in [2.24, 2.45) is 5.92 Å². The Kier molecular flexibility index (Phi) is 6.47. The van der Waals surface area contributed by atoms with Gasteiger partial charge in [0.25, 0.3) is 0 Å². The summed E-state index contributed by atoms with van der Waals surface area (Å²) in [4.78, 5) is 40.0. The molecule has 5 rings (SSSR count). The number of piperazine rings is 1. The fourth-order valence-electron chi connectivity index (χ4n) is 4.70. The van der Waals surface area contributed by atoms with Crippen molar-refractivity contribution >= 4 is 39.9 Å². The number of benzene rings is 1. The van der Waals surface area contributed by atoms with Gasteiger partial charge in [-0.05, 0) is 40.4 Å². The molecule has 34 heavy (non-hydrogen) atoms. The van der Waals surface area contributed by atoms with Gasteiger partial charge in [0, 0.05) is 37.6 Å². The summed E-state index contributed by atoms with van der Waals surface area (Å²) in [6, 6.07) is 9.46. The van der Waals surface area contributed by atoms with E-state index >= 15 is 0 Å². The predicted octanol–water partition coefficient (Wildman–Crippen LogP) is 2.51. The van der Waals surface area contributed by atoms with Gasteiger partial charge in [-0.25, -0.2) is 9.97 Å². The van der Waals surface area contributed by atoms with Gasteiger partial charge >= 0.3 is 0 Å². The van der Waals surface area contributed by atoms with Crippen molar-refractivity contribution < 1.29 is 9.59 Å².